The molecule has 3 aromatic rings. The average Bonchev–Trinajstić information content (AvgIpc) is 2.77. The van der Waals surface area contributed by atoms with Crippen molar-refractivity contribution in [1.29, 1.82) is 0 Å². The summed E-state index contributed by atoms with van der Waals surface area (Å²) in [5.41, 5.74) is 3.36. The number of benzene rings is 3. The Kier molecular flexibility index (Phi) is 8.29. The Morgan fingerprint density at radius 2 is 1.70 bits per heavy atom. The third-order valence-electron chi connectivity index (χ3n) is 4.95. The van der Waals surface area contributed by atoms with Crippen molar-refractivity contribution >= 4 is 15.9 Å². The molecule has 0 amide bonds. The maximum Gasteiger partial charge on any atom is 0.175 e. The molecule has 3 aromatic carbocycles. The fourth-order valence-corrected chi connectivity index (χ4v) is 3.78. The van der Waals surface area contributed by atoms with E-state index >= 15 is 0 Å². The number of ether oxygens (including phenoxy) is 2. The second kappa shape index (κ2) is 11.1. The lowest BCUT2D eigenvalue weighted by Crippen LogP contribution is -2.26. The van der Waals surface area contributed by atoms with Crippen molar-refractivity contribution in [3.63, 3.8) is 0 Å². The molecule has 0 heterocycles. The number of nitrogens with one attached hydrogen (secondary N) is 1. The summed E-state index contributed by atoms with van der Waals surface area (Å²) in [7, 11) is 1.63. The first kappa shape index (κ1) is 22.3. The SMILES string of the molecule is COc1cc(CN[C@@H](C)CCc2ccccc2)cc(Br)c1OCc1ccc(F)cc1. The molecule has 0 saturated heterocycles. The molecular weight excluding hydrogens is 445 g/mol. The molecule has 5 heteroatoms. The van der Waals surface area contributed by atoms with Gasteiger partial charge in [0.2, 0.25) is 0 Å². The Bertz CT molecular complexity index is 932. The maximum absolute atomic E-state index is 13.1. The monoisotopic (exact) mass is 471 g/mol. The zero-order chi connectivity index (χ0) is 21.3. The lowest BCUT2D eigenvalue weighted by molar-refractivity contribution is 0.282. The highest BCUT2D eigenvalue weighted by Crippen LogP contribution is 2.37. The van der Waals surface area contributed by atoms with E-state index in [9.17, 15) is 4.39 Å². The second-order valence-electron chi connectivity index (χ2n) is 7.33. The number of hydrogen-bond donors (Lipinski definition) is 1. The van der Waals surface area contributed by atoms with Crippen molar-refractivity contribution in [2.24, 2.45) is 0 Å². The minimum absolute atomic E-state index is 0.257. The van der Waals surface area contributed by atoms with Crippen LogP contribution in [0.2, 0.25) is 0 Å². The van der Waals surface area contributed by atoms with Crippen molar-refractivity contribution in [3.05, 3.63) is 93.7 Å². The molecule has 1 atom stereocenters. The van der Waals surface area contributed by atoms with Crippen molar-refractivity contribution in [3.8, 4) is 11.5 Å². The number of hydrogen-bond acceptors (Lipinski definition) is 3. The molecular formula is C25H27BrFNO2. The van der Waals surface area contributed by atoms with Gasteiger partial charge in [0, 0.05) is 12.6 Å². The average molecular weight is 472 g/mol. The van der Waals surface area contributed by atoms with E-state index in [-0.39, 0.29) is 5.82 Å². The minimum atomic E-state index is -0.257. The van der Waals surface area contributed by atoms with E-state index in [2.05, 4.69) is 52.4 Å². The topological polar surface area (TPSA) is 30.5 Å². The van der Waals surface area contributed by atoms with Gasteiger partial charge >= 0.3 is 0 Å². The van der Waals surface area contributed by atoms with Gasteiger partial charge in [0.25, 0.3) is 0 Å². The van der Waals surface area contributed by atoms with Gasteiger partial charge in [-0.2, -0.15) is 0 Å². The molecule has 0 fully saturated rings. The van der Waals surface area contributed by atoms with E-state index < -0.39 is 0 Å². The van der Waals surface area contributed by atoms with Gasteiger partial charge in [-0.05, 0) is 76.7 Å². The first-order valence-corrected chi connectivity index (χ1v) is 10.9. The minimum Gasteiger partial charge on any atom is -0.493 e. The Hall–Kier alpha value is -2.37. The molecule has 0 aliphatic rings. The fraction of sp³-hybridized carbons (Fsp3) is 0.280. The van der Waals surface area contributed by atoms with Crippen LogP contribution < -0.4 is 14.8 Å². The normalized spacial score (nSPS) is 11.9. The lowest BCUT2D eigenvalue weighted by Gasteiger charge is -2.17. The van der Waals surface area contributed by atoms with Crippen LogP contribution in [0.1, 0.15) is 30.0 Å². The Morgan fingerprint density at radius 1 is 0.967 bits per heavy atom. The smallest absolute Gasteiger partial charge is 0.175 e. The summed E-state index contributed by atoms with van der Waals surface area (Å²) < 4.78 is 25.4. The van der Waals surface area contributed by atoms with E-state index in [1.54, 1.807) is 19.2 Å². The van der Waals surface area contributed by atoms with Crippen LogP contribution >= 0.6 is 15.9 Å². The second-order valence-corrected chi connectivity index (χ2v) is 8.18. The summed E-state index contributed by atoms with van der Waals surface area (Å²) in [6.07, 6.45) is 2.12. The van der Waals surface area contributed by atoms with Gasteiger partial charge in [-0.3, -0.25) is 0 Å². The van der Waals surface area contributed by atoms with Crippen LogP contribution in [0.25, 0.3) is 0 Å². The maximum atomic E-state index is 13.1. The highest BCUT2D eigenvalue weighted by atomic mass is 79.9. The zero-order valence-electron chi connectivity index (χ0n) is 17.3. The van der Waals surface area contributed by atoms with Crippen molar-refractivity contribution in [2.45, 2.75) is 39.0 Å². The molecule has 0 unspecified atom stereocenters. The molecule has 0 radical (unpaired) electrons. The van der Waals surface area contributed by atoms with Crippen molar-refractivity contribution in [1.82, 2.24) is 5.32 Å². The van der Waals surface area contributed by atoms with Crippen molar-refractivity contribution in [2.75, 3.05) is 7.11 Å². The van der Waals surface area contributed by atoms with Crippen LogP contribution in [0.15, 0.2) is 71.2 Å². The first-order chi connectivity index (χ1) is 14.5. The molecule has 30 heavy (non-hydrogen) atoms. The van der Waals surface area contributed by atoms with Crippen LogP contribution in [0, 0.1) is 5.82 Å². The Balaban J connectivity index is 1.56. The molecule has 0 bridgehead atoms. The third-order valence-corrected chi connectivity index (χ3v) is 5.54. The summed E-state index contributed by atoms with van der Waals surface area (Å²) in [4.78, 5) is 0. The van der Waals surface area contributed by atoms with Crippen molar-refractivity contribution < 1.29 is 13.9 Å². The van der Waals surface area contributed by atoms with Gasteiger partial charge in [-0.25, -0.2) is 4.39 Å². The molecule has 0 saturated carbocycles. The van der Waals surface area contributed by atoms with E-state index in [0.717, 1.165) is 35.0 Å². The molecule has 1 N–H and O–H groups in total. The summed E-state index contributed by atoms with van der Waals surface area (Å²) in [5.74, 6) is 1.05. The van der Waals surface area contributed by atoms with Crippen LogP contribution in [0.5, 0.6) is 11.5 Å². The van der Waals surface area contributed by atoms with Gasteiger partial charge in [0.05, 0.1) is 11.6 Å². The first-order valence-electron chi connectivity index (χ1n) is 10.1. The van der Waals surface area contributed by atoms with Gasteiger partial charge in [-0.1, -0.05) is 42.5 Å². The summed E-state index contributed by atoms with van der Waals surface area (Å²) in [5, 5.41) is 3.58. The molecule has 3 nitrogen and oxygen atoms in total. The number of aryl methyl sites for hydroxylation is 1. The largest absolute Gasteiger partial charge is 0.493 e. The molecule has 0 aromatic heterocycles. The highest BCUT2D eigenvalue weighted by Gasteiger charge is 2.13. The Morgan fingerprint density at radius 3 is 2.40 bits per heavy atom. The number of methoxy groups -OCH3 is 1. The van der Waals surface area contributed by atoms with Gasteiger partial charge < -0.3 is 14.8 Å². The fourth-order valence-electron chi connectivity index (χ4n) is 3.17. The highest BCUT2D eigenvalue weighted by molar-refractivity contribution is 9.10. The summed E-state index contributed by atoms with van der Waals surface area (Å²) >= 11 is 3.60. The van der Waals surface area contributed by atoms with Crippen LogP contribution in [0.4, 0.5) is 4.39 Å². The predicted octanol–water partition coefficient (Wildman–Crippen LogP) is 6.29. The zero-order valence-corrected chi connectivity index (χ0v) is 18.9. The van der Waals surface area contributed by atoms with E-state index in [4.69, 9.17) is 9.47 Å². The molecule has 0 aliphatic heterocycles. The molecule has 0 spiro atoms. The van der Waals surface area contributed by atoms with E-state index in [0.29, 0.717) is 24.1 Å². The Labute approximate surface area is 186 Å². The summed E-state index contributed by atoms with van der Waals surface area (Å²) in [6, 6.07) is 21.2. The van der Waals surface area contributed by atoms with E-state index in [1.165, 1.54) is 17.7 Å². The predicted molar refractivity (Wildman–Crippen MR) is 122 cm³/mol. The quantitative estimate of drug-likeness (QED) is 0.377. The van der Waals surface area contributed by atoms with Crippen LogP contribution in [0.3, 0.4) is 0 Å². The van der Waals surface area contributed by atoms with Gasteiger partial charge in [0.15, 0.2) is 11.5 Å². The molecule has 0 aliphatic carbocycles. The van der Waals surface area contributed by atoms with Gasteiger partial charge in [0.1, 0.15) is 12.4 Å². The van der Waals surface area contributed by atoms with E-state index in [1.807, 2.05) is 18.2 Å². The number of rotatable bonds is 10. The standard InChI is InChI=1S/C25H27BrFNO2/c1-18(8-9-19-6-4-3-5-7-19)28-16-21-14-23(26)25(24(15-21)29-2)30-17-20-10-12-22(27)13-11-20/h3-7,10-15,18,28H,8-9,16-17H2,1-2H3/t18-/m0/s1. The number of halogens is 2. The lowest BCUT2D eigenvalue weighted by atomic mass is 10.1. The molecule has 158 valence electrons. The molecule has 3 rings (SSSR count). The van der Waals surface area contributed by atoms with Gasteiger partial charge in [-0.15, -0.1) is 0 Å². The summed E-state index contributed by atoms with van der Waals surface area (Å²) in [6.45, 7) is 3.28. The van der Waals surface area contributed by atoms with Crippen LogP contribution in [-0.4, -0.2) is 13.2 Å². The van der Waals surface area contributed by atoms with Crippen LogP contribution in [-0.2, 0) is 19.6 Å². The third kappa shape index (κ3) is 6.57.